The lowest BCUT2D eigenvalue weighted by atomic mass is 10.0. The number of carbonyl (C=O) groups is 1. The summed E-state index contributed by atoms with van der Waals surface area (Å²) >= 11 is 0. The van der Waals surface area contributed by atoms with Gasteiger partial charge in [0.05, 0.1) is 0 Å². The van der Waals surface area contributed by atoms with Gasteiger partial charge in [-0.15, -0.1) is 0 Å². The second-order valence-electron chi connectivity index (χ2n) is 5.59. The van der Waals surface area contributed by atoms with Gasteiger partial charge in [0.1, 0.15) is 12.6 Å². The van der Waals surface area contributed by atoms with Crippen LogP contribution in [0.3, 0.4) is 0 Å². The van der Waals surface area contributed by atoms with E-state index in [2.05, 4.69) is 31.3 Å². The number of carbonyl (C=O) groups excluding carboxylic acids is 1. The molecule has 0 heterocycles. The summed E-state index contributed by atoms with van der Waals surface area (Å²) in [5, 5.41) is 3.23. The predicted molar refractivity (Wildman–Crippen MR) is 83.3 cm³/mol. The topological polar surface area (TPSA) is 41.6 Å². The van der Waals surface area contributed by atoms with Crippen LogP contribution in [0.2, 0.25) is 0 Å². The highest BCUT2D eigenvalue weighted by Crippen LogP contribution is 2.20. The monoisotopic (exact) mass is 278 g/mol. The van der Waals surface area contributed by atoms with Gasteiger partial charge in [-0.05, 0) is 64.5 Å². The summed E-state index contributed by atoms with van der Waals surface area (Å²) < 4.78 is 5.24. The Morgan fingerprint density at radius 1 is 1.20 bits per heavy atom. The number of ether oxygens (including phenoxy) is 1. The van der Waals surface area contributed by atoms with Gasteiger partial charge in [-0.1, -0.05) is 6.07 Å². The van der Waals surface area contributed by atoms with E-state index in [1.54, 1.807) is 0 Å². The maximum atomic E-state index is 11.9. The van der Waals surface area contributed by atoms with Crippen molar-refractivity contribution in [3.8, 4) is 0 Å². The third-order valence-electron chi connectivity index (χ3n) is 3.35. The van der Waals surface area contributed by atoms with Crippen molar-refractivity contribution >= 4 is 11.7 Å². The first kappa shape index (κ1) is 16.5. The van der Waals surface area contributed by atoms with Crippen LogP contribution in [0.15, 0.2) is 12.1 Å². The van der Waals surface area contributed by atoms with E-state index in [0.29, 0.717) is 6.61 Å². The van der Waals surface area contributed by atoms with E-state index in [4.69, 9.17) is 4.74 Å². The van der Waals surface area contributed by atoms with E-state index in [1.165, 1.54) is 11.1 Å². The zero-order valence-electron chi connectivity index (χ0n) is 13.4. The molecule has 0 aliphatic heterocycles. The van der Waals surface area contributed by atoms with Crippen LogP contribution in [-0.2, 0) is 9.53 Å². The average molecular weight is 278 g/mol. The number of nitrogens with one attached hydrogen (secondary N) is 1. The largest absolute Gasteiger partial charge is 0.463 e. The molecule has 0 aromatic heterocycles. The van der Waals surface area contributed by atoms with Gasteiger partial charge >= 0.3 is 5.97 Å². The molecule has 4 nitrogen and oxygen atoms in total. The SMILES string of the molecule is Cc1cc(C)c(N[C@@H](C)C(=O)OCCN(C)C)cc1C. The number of hydrogen-bond acceptors (Lipinski definition) is 4. The van der Waals surface area contributed by atoms with Crippen molar-refractivity contribution in [2.75, 3.05) is 32.6 Å². The van der Waals surface area contributed by atoms with Crippen molar-refractivity contribution in [3.05, 3.63) is 28.8 Å². The first-order chi connectivity index (χ1) is 9.31. The second-order valence-corrected chi connectivity index (χ2v) is 5.59. The highest BCUT2D eigenvalue weighted by Gasteiger charge is 2.15. The Morgan fingerprint density at radius 3 is 2.40 bits per heavy atom. The van der Waals surface area contributed by atoms with Crippen LogP contribution in [0, 0.1) is 20.8 Å². The second kappa shape index (κ2) is 7.29. The first-order valence-electron chi connectivity index (χ1n) is 6.97. The van der Waals surface area contributed by atoms with Gasteiger partial charge in [0.2, 0.25) is 0 Å². The Labute approximate surface area is 122 Å². The van der Waals surface area contributed by atoms with E-state index >= 15 is 0 Å². The molecule has 0 unspecified atom stereocenters. The fourth-order valence-electron chi connectivity index (χ4n) is 1.86. The molecular formula is C16H26N2O2. The molecule has 112 valence electrons. The summed E-state index contributed by atoms with van der Waals surface area (Å²) in [5.74, 6) is -0.218. The van der Waals surface area contributed by atoms with Gasteiger partial charge in [-0.25, -0.2) is 4.79 Å². The smallest absolute Gasteiger partial charge is 0.328 e. The summed E-state index contributed by atoms with van der Waals surface area (Å²) in [7, 11) is 3.90. The van der Waals surface area contributed by atoms with Crippen molar-refractivity contribution in [1.29, 1.82) is 0 Å². The number of rotatable bonds is 6. The lowest BCUT2D eigenvalue weighted by Gasteiger charge is -2.18. The zero-order valence-corrected chi connectivity index (χ0v) is 13.4. The number of anilines is 1. The molecule has 0 fully saturated rings. The molecule has 0 bridgehead atoms. The number of likely N-dealkylation sites (N-methyl/N-ethyl adjacent to an activating group) is 1. The van der Waals surface area contributed by atoms with Crippen LogP contribution in [0.5, 0.6) is 0 Å². The highest BCUT2D eigenvalue weighted by molar-refractivity contribution is 5.79. The molecule has 4 heteroatoms. The molecule has 0 spiro atoms. The molecule has 0 aliphatic rings. The molecule has 0 saturated heterocycles. The van der Waals surface area contributed by atoms with Gasteiger partial charge in [0.25, 0.3) is 0 Å². The minimum atomic E-state index is -0.349. The Balaban J connectivity index is 2.59. The average Bonchev–Trinajstić information content (AvgIpc) is 2.35. The van der Waals surface area contributed by atoms with Crippen LogP contribution in [0.25, 0.3) is 0 Å². The van der Waals surface area contributed by atoms with Gasteiger partial charge in [-0.2, -0.15) is 0 Å². The molecule has 1 aromatic carbocycles. The van der Waals surface area contributed by atoms with Gasteiger partial charge in [-0.3, -0.25) is 0 Å². The molecule has 1 N–H and O–H groups in total. The molecule has 0 radical (unpaired) electrons. The lowest BCUT2D eigenvalue weighted by molar-refractivity contribution is -0.144. The molecule has 0 saturated carbocycles. The van der Waals surface area contributed by atoms with Gasteiger partial charge < -0.3 is 15.0 Å². The molecule has 1 aromatic rings. The van der Waals surface area contributed by atoms with Crippen molar-refractivity contribution in [2.24, 2.45) is 0 Å². The van der Waals surface area contributed by atoms with E-state index in [-0.39, 0.29) is 12.0 Å². The number of hydrogen-bond donors (Lipinski definition) is 1. The zero-order chi connectivity index (χ0) is 15.3. The predicted octanol–water partition coefficient (Wildman–Crippen LogP) is 2.52. The van der Waals surface area contributed by atoms with Crippen molar-refractivity contribution in [3.63, 3.8) is 0 Å². The Bertz CT molecular complexity index is 470. The summed E-state index contributed by atoms with van der Waals surface area (Å²) in [6, 6.07) is 3.86. The van der Waals surface area contributed by atoms with Crippen molar-refractivity contribution < 1.29 is 9.53 Å². The number of esters is 1. The van der Waals surface area contributed by atoms with Crippen LogP contribution in [-0.4, -0.2) is 44.2 Å². The summed E-state index contributed by atoms with van der Waals surface area (Å²) in [4.78, 5) is 13.9. The van der Waals surface area contributed by atoms with Crippen molar-refractivity contribution in [2.45, 2.75) is 33.7 Å². The van der Waals surface area contributed by atoms with Crippen LogP contribution in [0.1, 0.15) is 23.6 Å². The Hall–Kier alpha value is -1.55. The maximum Gasteiger partial charge on any atom is 0.328 e. The van der Waals surface area contributed by atoms with Gasteiger partial charge in [0, 0.05) is 12.2 Å². The summed E-state index contributed by atoms with van der Waals surface area (Å²) in [6.07, 6.45) is 0. The van der Waals surface area contributed by atoms with E-state index in [0.717, 1.165) is 17.8 Å². The van der Waals surface area contributed by atoms with Crippen LogP contribution in [0.4, 0.5) is 5.69 Å². The molecule has 1 atom stereocenters. The van der Waals surface area contributed by atoms with E-state index in [9.17, 15) is 4.79 Å². The molecule has 0 amide bonds. The third kappa shape index (κ3) is 4.85. The maximum absolute atomic E-state index is 11.9. The Kier molecular flexibility index (Phi) is 6.02. The van der Waals surface area contributed by atoms with Gasteiger partial charge in [0.15, 0.2) is 0 Å². The first-order valence-corrected chi connectivity index (χ1v) is 6.97. The molecular weight excluding hydrogens is 252 g/mol. The number of benzene rings is 1. The number of nitrogens with zero attached hydrogens (tertiary/aromatic N) is 1. The van der Waals surface area contributed by atoms with Crippen LogP contribution < -0.4 is 5.32 Å². The quantitative estimate of drug-likeness (QED) is 0.812. The molecule has 1 rings (SSSR count). The minimum Gasteiger partial charge on any atom is -0.463 e. The summed E-state index contributed by atoms with van der Waals surface area (Å²) in [6.45, 7) is 9.18. The lowest BCUT2D eigenvalue weighted by Crippen LogP contribution is -2.30. The summed E-state index contributed by atoms with van der Waals surface area (Å²) in [5.41, 5.74) is 4.60. The van der Waals surface area contributed by atoms with E-state index in [1.807, 2.05) is 32.8 Å². The Morgan fingerprint density at radius 2 is 1.80 bits per heavy atom. The molecule has 0 aliphatic carbocycles. The molecule has 20 heavy (non-hydrogen) atoms. The fourth-order valence-corrected chi connectivity index (χ4v) is 1.86. The minimum absolute atomic E-state index is 0.218. The van der Waals surface area contributed by atoms with Crippen molar-refractivity contribution in [1.82, 2.24) is 4.90 Å². The standard InChI is InChI=1S/C16H26N2O2/c1-11-9-13(3)15(10-12(11)2)17-14(4)16(19)20-8-7-18(5)6/h9-10,14,17H,7-8H2,1-6H3/t14-/m0/s1. The van der Waals surface area contributed by atoms with E-state index < -0.39 is 0 Å². The van der Waals surface area contributed by atoms with Crippen LogP contribution >= 0.6 is 0 Å². The normalized spacial score (nSPS) is 12.3. The number of aryl methyl sites for hydroxylation is 3. The third-order valence-corrected chi connectivity index (χ3v) is 3.35. The fraction of sp³-hybridized carbons (Fsp3) is 0.562. The highest BCUT2D eigenvalue weighted by atomic mass is 16.5.